The van der Waals surface area contributed by atoms with E-state index in [9.17, 15) is 4.79 Å². The van der Waals surface area contributed by atoms with E-state index in [1.807, 2.05) is 0 Å². The molecule has 212 valence electrons. The Kier molecular flexibility index (Phi) is 7.75. The van der Waals surface area contributed by atoms with Crippen LogP contribution in [-0.4, -0.2) is 90.7 Å². The summed E-state index contributed by atoms with van der Waals surface area (Å²) in [5, 5.41) is 2.46. The molecule has 0 spiro atoms. The lowest BCUT2D eigenvalue weighted by molar-refractivity contribution is -0.128. The Morgan fingerprint density at radius 1 is 1.10 bits per heavy atom. The third-order valence-corrected chi connectivity index (χ3v) is 8.75. The number of anilines is 2. The number of likely N-dealkylation sites (tertiary alicyclic amines) is 1. The second kappa shape index (κ2) is 11.8. The number of benzene rings is 2. The van der Waals surface area contributed by atoms with Crippen LogP contribution in [-0.2, 0) is 17.8 Å². The zero-order chi connectivity index (χ0) is 28.3. The topological polar surface area (TPSA) is 69.4 Å². The summed E-state index contributed by atoms with van der Waals surface area (Å²) in [4.78, 5) is 34.8. The molecule has 2 aromatic carbocycles. The van der Waals surface area contributed by atoms with Gasteiger partial charge < -0.3 is 29.2 Å². The molecule has 0 aliphatic carbocycles. The van der Waals surface area contributed by atoms with E-state index in [4.69, 9.17) is 21.3 Å². The first-order valence-corrected chi connectivity index (χ1v) is 14.5. The highest BCUT2D eigenvalue weighted by Gasteiger charge is 2.35. The highest BCUT2D eigenvalue weighted by Crippen LogP contribution is 2.35. The Balaban J connectivity index is 1.33. The maximum Gasteiger partial charge on any atom is 0.318 e. The molecule has 9 nitrogen and oxygen atoms in total. The van der Waals surface area contributed by atoms with Crippen LogP contribution in [0.25, 0.3) is 15.6 Å². The molecule has 3 aromatic rings. The van der Waals surface area contributed by atoms with E-state index in [-0.39, 0.29) is 18.5 Å². The number of hydrogen-bond acceptors (Lipinski definition) is 7. The molecular formula is C32H37N7O2. The average Bonchev–Trinajstić information content (AvgIpc) is 3.43. The van der Waals surface area contributed by atoms with E-state index < -0.39 is 0 Å². The number of piperazine rings is 1. The number of hydrogen-bond donors (Lipinski definition) is 0. The monoisotopic (exact) mass is 551 g/mol. The Morgan fingerprint density at radius 2 is 1.95 bits per heavy atom. The summed E-state index contributed by atoms with van der Waals surface area (Å²) in [6.45, 7) is 16.3. The van der Waals surface area contributed by atoms with Gasteiger partial charge in [0.2, 0.25) is 12.5 Å². The van der Waals surface area contributed by atoms with Gasteiger partial charge in [0, 0.05) is 48.9 Å². The molecule has 4 heterocycles. The molecule has 0 saturated carbocycles. The van der Waals surface area contributed by atoms with Gasteiger partial charge in [-0.3, -0.25) is 4.79 Å². The maximum atomic E-state index is 12.5. The minimum Gasteiger partial charge on any atom is -0.462 e. The normalized spacial score (nSPS) is 21.0. The van der Waals surface area contributed by atoms with Crippen LogP contribution >= 0.6 is 0 Å². The first kappa shape index (κ1) is 27.0. The minimum absolute atomic E-state index is 0.126. The molecule has 9 heteroatoms. The van der Waals surface area contributed by atoms with Gasteiger partial charge >= 0.3 is 6.01 Å². The van der Waals surface area contributed by atoms with Crippen LogP contribution < -0.4 is 14.5 Å². The van der Waals surface area contributed by atoms with E-state index in [1.165, 1.54) is 29.0 Å². The molecule has 41 heavy (non-hydrogen) atoms. The minimum atomic E-state index is -0.218. The highest BCUT2D eigenvalue weighted by molar-refractivity contribution is 5.94. The average molecular weight is 552 g/mol. The number of carbonyl (C=O) groups excluding carboxylic acids is 1. The Hall–Kier alpha value is -4.16. The van der Waals surface area contributed by atoms with Crippen LogP contribution in [0.15, 0.2) is 55.1 Å². The summed E-state index contributed by atoms with van der Waals surface area (Å²) < 4.78 is 6.28. The first-order valence-electron chi connectivity index (χ1n) is 14.5. The number of nitrogens with zero attached hydrogens (tertiary/aromatic N) is 7. The predicted octanol–water partition coefficient (Wildman–Crippen LogP) is 3.79. The lowest BCUT2D eigenvalue weighted by Crippen LogP contribution is -2.56. The largest absolute Gasteiger partial charge is 0.462 e. The van der Waals surface area contributed by atoms with Gasteiger partial charge in [0.05, 0.1) is 12.2 Å². The summed E-state index contributed by atoms with van der Waals surface area (Å²) in [5.41, 5.74) is 3.32. The van der Waals surface area contributed by atoms with Crippen LogP contribution in [0.4, 0.5) is 11.5 Å². The summed E-state index contributed by atoms with van der Waals surface area (Å²) in [5.74, 6) is 0.751. The van der Waals surface area contributed by atoms with Crippen molar-refractivity contribution in [2.24, 2.45) is 0 Å². The van der Waals surface area contributed by atoms with Gasteiger partial charge in [-0.15, -0.1) is 0 Å². The molecule has 2 atom stereocenters. The number of carbonyl (C=O) groups is 1. The number of likely N-dealkylation sites (N-methyl/N-ethyl adjacent to an activating group) is 1. The molecule has 2 fully saturated rings. The number of aromatic nitrogens is 2. The van der Waals surface area contributed by atoms with Gasteiger partial charge in [0.25, 0.3) is 0 Å². The molecule has 3 aliphatic rings. The molecule has 6 rings (SSSR count). The fraction of sp³-hybridized carbons (Fsp3) is 0.438. The van der Waals surface area contributed by atoms with Crippen molar-refractivity contribution in [1.29, 1.82) is 0 Å². The molecule has 0 N–H and O–H groups in total. The van der Waals surface area contributed by atoms with Crippen molar-refractivity contribution < 1.29 is 9.53 Å². The highest BCUT2D eigenvalue weighted by atomic mass is 16.5. The van der Waals surface area contributed by atoms with Crippen molar-refractivity contribution in [3.05, 3.63) is 77.8 Å². The number of ether oxygens (including phenoxy) is 1. The fourth-order valence-electron chi connectivity index (χ4n) is 6.48. The quantitative estimate of drug-likeness (QED) is 0.327. The number of amides is 1. The van der Waals surface area contributed by atoms with E-state index in [0.717, 1.165) is 43.0 Å². The van der Waals surface area contributed by atoms with E-state index in [0.29, 0.717) is 44.8 Å². The Morgan fingerprint density at radius 3 is 2.76 bits per heavy atom. The van der Waals surface area contributed by atoms with Crippen LogP contribution in [0, 0.1) is 6.57 Å². The molecule has 0 radical (unpaired) electrons. The van der Waals surface area contributed by atoms with Gasteiger partial charge in [-0.1, -0.05) is 43.0 Å². The smallest absolute Gasteiger partial charge is 0.318 e. The summed E-state index contributed by atoms with van der Waals surface area (Å²) in [6, 6.07) is 15.5. The Bertz CT molecular complexity index is 1480. The first-order chi connectivity index (χ1) is 20.1. The van der Waals surface area contributed by atoms with Crippen LogP contribution in [0.5, 0.6) is 6.01 Å². The van der Waals surface area contributed by atoms with Crippen molar-refractivity contribution in [3.63, 3.8) is 0 Å². The molecule has 1 unspecified atom stereocenters. The Labute approximate surface area is 241 Å². The van der Waals surface area contributed by atoms with Crippen molar-refractivity contribution in [1.82, 2.24) is 19.8 Å². The van der Waals surface area contributed by atoms with E-state index >= 15 is 0 Å². The second-order valence-corrected chi connectivity index (χ2v) is 11.2. The van der Waals surface area contributed by atoms with Crippen LogP contribution in [0.1, 0.15) is 24.1 Å². The van der Waals surface area contributed by atoms with Crippen molar-refractivity contribution in [2.45, 2.75) is 37.9 Å². The SMILES string of the molecule is [C-]#[N+]C[C@H]1CN(c2nc(OCC3CCCN3C)nc3c2CCN(c2cccc4ccccc24)C3)CCN1C(=O)C=C. The molecule has 3 aliphatic heterocycles. The van der Waals surface area contributed by atoms with Gasteiger partial charge in [-0.2, -0.15) is 9.97 Å². The second-order valence-electron chi connectivity index (χ2n) is 11.2. The summed E-state index contributed by atoms with van der Waals surface area (Å²) in [6.07, 6.45) is 4.43. The molecule has 2 saturated heterocycles. The van der Waals surface area contributed by atoms with Crippen molar-refractivity contribution in [2.75, 3.05) is 62.7 Å². The van der Waals surface area contributed by atoms with Crippen molar-refractivity contribution in [3.8, 4) is 6.01 Å². The van der Waals surface area contributed by atoms with E-state index in [2.05, 4.69) is 75.6 Å². The zero-order valence-electron chi connectivity index (χ0n) is 23.7. The van der Waals surface area contributed by atoms with E-state index in [1.54, 1.807) is 4.90 Å². The maximum absolute atomic E-state index is 12.5. The summed E-state index contributed by atoms with van der Waals surface area (Å²) >= 11 is 0. The number of rotatable bonds is 7. The molecule has 0 bridgehead atoms. The standard InChI is InChI=1S/C32H37N7O2/c1-4-30(40)39-18-17-38(20-25(39)19-33-2)31-27-14-16-37(29-13-7-10-23-9-5-6-12-26(23)29)21-28(27)34-32(35-31)41-22-24-11-8-15-36(24)3/h4-7,9-10,12-13,24-25H,1,8,11,14-22H2,3H3/t24?,25-/m0/s1. The van der Waals surface area contributed by atoms with Crippen molar-refractivity contribution >= 4 is 28.2 Å². The van der Waals surface area contributed by atoms with Gasteiger partial charge in [-0.25, -0.2) is 6.57 Å². The lowest BCUT2D eigenvalue weighted by Gasteiger charge is -2.41. The molecule has 1 aromatic heterocycles. The van der Waals surface area contributed by atoms with Gasteiger partial charge in [0.1, 0.15) is 18.5 Å². The van der Waals surface area contributed by atoms with Crippen LogP contribution in [0.2, 0.25) is 0 Å². The van der Waals surface area contributed by atoms with Crippen LogP contribution in [0.3, 0.4) is 0 Å². The summed E-state index contributed by atoms with van der Waals surface area (Å²) in [7, 11) is 2.14. The zero-order valence-corrected chi connectivity index (χ0v) is 23.7. The molecule has 1 amide bonds. The number of fused-ring (bicyclic) bond motifs is 2. The third kappa shape index (κ3) is 5.44. The van der Waals surface area contributed by atoms with Gasteiger partial charge in [0.15, 0.2) is 0 Å². The lowest BCUT2D eigenvalue weighted by atomic mass is 10.0. The third-order valence-electron chi connectivity index (χ3n) is 8.75. The molecular weight excluding hydrogens is 514 g/mol. The fourth-order valence-corrected chi connectivity index (χ4v) is 6.48. The predicted molar refractivity (Wildman–Crippen MR) is 161 cm³/mol. The van der Waals surface area contributed by atoms with Gasteiger partial charge in [-0.05, 0) is 50.4 Å².